The molecule has 0 unspecified atom stereocenters. The second-order valence-electron chi connectivity index (χ2n) is 10.1. The third-order valence-corrected chi connectivity index (χ3v) is 7.28. The fourth-order valence-corrected chi connectivity index (χ4v) is 5.53. The lowest BCUT2D eigenvalue weighted by molar-refractivity contribution is 0.0729. The van der Waals surface area contributed by atoms with Crippen molar-refractivity contribution in [3.8, 4) is 22.6 Å². The van der Waals surface area contributed by atoms with Gasteiger partial charge in [-0.3, -0.25) is 9.59 Å². The Bertz CT molecular complexity index is 1380. The first kappa shape index (κ1) is 25.0. The summed E-state index contributed by atoms with van der Waals surface area (Å²) in [6.07, 6.45) is 0.650. The molecule has 1 atom stereocenters. The van der Waals surface area contributed by atoms with Gasteiger partial charge in [-0.2, -0.15) is 0 Å². The number of hydrogen-bond acceptors (Lipinski definition) is 5. The van der Waals surface area contributed by atoms with Crippen molar-refractivity contribution in [2.24, 2.45) is 5.92 Å². The molecule has 0 fully saturated rings. The van der Waals surface area contributed by atoms with Gasteiger partial charge in [0.2, 0.25) is 0 Å². The topological polar surface area (TPSA) is 64.0 Å². The van der Waals surface area contributed by atoms with Gasteiger partial charge in [0.1, 0.15) is 23.0 Å². The second kappa shape index (κ2) is 10.0. The number of benzene rings is 2. The monoisotopic (exact) mass is 505 g/mol. The Balaban J connectivity index is 1.68. The SMILES string of the molecule is COc1cc(CN2C[C@H](C)Cn3c(c(-c4ccc(F)cc4)c4c(c3=O)CN(C)CC4)C2=O)cc(OC)c1. The van der Waals surface area contributed by atoms with Gasteiger partial charge in [0, 0.05) is 49.9 Å². The Labute approximate surface area is 216 Å². The Kier molecular flexibility index (Phi) is 6.77. The number of hydrogen-bond donors (Lipinski definition) is 0. The first-order valence-electron chi connectivity index (χ1n) is 12.5. The maximum absolute atomic E-state index is 14.3. The molecule has 0 aliphatic carbocycles. The maximum atomic E-state index is 14.3. The van der Waals surface area contributed by atoms with E-state index in [9.17, 15) is 14.0 Å². The fraction of sp³-hybridized carbons (Fsp3) is 0.379. The average molecular weight is 506 g/mol. The number of nitrogens with zero attached hydrogens (tertiary/aromatic N) is 3. The van der Waals surface area contributed by atoms with E-state index in [1.165, 1.54) is 12.1 Å². The molecule has 0 saturated carbocycles. The molecule has 1 aromatic heterocycles. The van der Waals surface area contributed by atoms with Crippen molar-refractivity contribution in [3.63, 3.8) is 0 Å². The minimum absolute atomic E-state index is 0.0517. The number of aromatic nitrogens is 1. The molecule has 0 N–H and O–H groups in total. The highest BCUT2D eigenvalue weighted by molar-refractivity contribution is 6.00. The van der Waals surface area contributed by atoms with Gasteiger partial charge in [0.25, 0.3) is 11.5 Å². The van der Waals surface area contributed by atoms with Crippen molar-refractivity contribution < 1.29 is 18.7 Å². The highest BCUT2D eigenvalue weighted by Crippen LogP contribution is 2.35. The number of pyridine rings is 1. The molecule has 0 spiro atoms. The minimum atomic E-state index is -0.343. The highest BCUT2D eigenvalue weighted by Gasteiger charge is 2.34. The Morgan fingerprint density at radius 1 is 0.973 bits per heavy atom. The second-order valence-corrected chi connectivity index (χ2v) is 10.1. The molecule has 0 bridgehead atoms. The third-order valence-electron chi connectivity index (χ3n) is 7.28. The van der Waals surface area contributed by atoms with E-state index in [4.69, 9.17) is 9.47 Å². The van der Waals surface area contributed by atoms with Crippen LogP contribution in [-0.4, -0.2) is 54.6 Å². The summed E-state index contributed by atoms with van der Waals surface area (Å²) in [6.45, 7) is 4.63. The van der Waals surface area contributed by atoms with E-state index in [1.807, 2.05) is 19.2 Å². The number of carbonyl (C=O) groups excluding carboxylic acids is 1. The van der Waals surface area contributed by atoms with Crippen LogP contribution in [0.25, 0.3) is 11.1 Å². The van der Waals surface area contributed by atoms with Crippen LogP contribution in [0.5, 0.6) is 11.5 Å². The van der Waals surface area contributed by atoms with Crippen LogP contribution in [0.3, 0.4) is 0 Å². The molecule has 7 nitrogen and oxygen atoms in total. The molecule has 2 aliphatic rings. The van der Waals surface area contributed by atoms with Crippen LogP contribution in [0.4, 0.5) is 4.39 Å². The molecular weight excluding hydrogens is 473 g/mol. The Morgan fingerprint density at radius 2 is 1.65 bits per heavy atom. The number of carbonyl (C=O) groups is 1. The molecule has 2 aliphatic heterocycles. The number of fused-ring (bicyclic) bond motifs is 2. The molecule has 3 heterocycles. The van der Waals surface area contributed by atoms with Gasteiger partial charge in [0.05, 0.1) is 14.2 Å². The molecule has 2 aromatic carbocycles. The molecule has 1 amide bonds. The molecule has 3 aromatic rings. The zero-order valence-corrected chi connectivity index (χ0v) is 21.7. The van der Waals surface area contributed by atoms with Crippen molar-refractivity contribution in [1.29, 1.82) is 0 Å². The lowest BCUT2D eigenvalue weighted by Gasteiger charge is -2.30. The molecule has 0 radical (unpaired) electrons. The first-order chi connectivity index (χ1) is 17.8. The van der Waals surface area contributed by atoms with Crippen molar-refractivity contribution >= 4 is 5.91 Å². The molecular formula is C29H32FN3O4. The summed E-state index contributed by atoms with van der Waals surface area (Å²) in [5, 5.41) is 0. The van der Waals surface area contributed by atoms with Crippen molar-refractivity contribution in [2.75, 3.05) is 34.4 Å². The number of likely N-dealkylation sites (N-methyl/N-ethyl adjacent to an activating group) is 1. The van der Waals surface area contributed by atoms with Crippen molar-refractivity contribution in [2.45, 2.75) is 33.0 Å². The number of ether oxygens (including phenoxy) is 2. The van der Waals surface area contributed by atoms with Gasteiger partial charge in [-0.25, -0.2) is 4.39 Å². The van der Waals surface area contributed by atoms with E-state index in [2.05, 4.69) is 11.8 Å². The van der Waals surface area contributed by atoms with E-state index >= 15 is 0 Å². The molecule has 37 heavy (non-hydrogen) atoms. The normalized spacial score (nSPS) is 17.7. The summed E-state index contributed by atoms with van der Waals surface area (Å²) in [7, 11) is 5.18. The maximum Gasteiger partial charge on any atom is 0.271 e. The summed E-state index contributed by atoms with van der Waals surface area (Å²) in [4.78, 5) is 32.0. The van der Waals surface area contributed by atoms with Crippen molar-refractivity contribution in [1.82, 2.24) is 14.4 Å². The molecule has 5 rings (SSSR count). The lowest BCUT2D eigenvalue weighted by atomic mass is 9.89. The van der Waals surface area contributed by atoms with Gasteiger partial charge in [-0.15, -0.1) is 0 Å². The van der Waals surface area contributed by atoms with Crippen LogP contribution in [-0.2, 0) is 26.1 Å². The van der Waals surface area contributed by atoms with Crippen LogP contribution < -0.4 is 15.0 Å². The van der Waals surface area contributed by atoms with Crippen LogP contribution in [0.15, 0.2) is 47.3 Å². The summed E-state index contributed by atoms with van der Waals surface area (Å²) in [5.41, 5.74) is 4.27. The molecule has 8 heteroatoms. The zero-order chi connectivity index (χ0) is 26.3. The number of methoxy groups -OCH3 is 2. The minimum Gasteiger partial charge on any atom is -0.497 e. The number of halogens is 1. The summed E-state index contributed by atoms with van der Waals surface area (Å²) < 4.78 is 26.4. The van der Waals surface area contributed by atoms with E-state index in [0.717, 1.165) is 34.4 Å². The van der Waals surface area contributed by atoms with Gasteiger partial charge in [0.15, 0.2) is 0 Å². The van der Waals surface area contributed by atoms with Crippen LogP contribution in [0.2, 0.25) is 0 Å². The van der Waals surface area contributed by atoms with E-state index in [-0.39, 0.29) is 23.2 Å². The molecule has 194 valence electrons. The number of amides is 1. The average Bonchev–Trinajstić information content (AvgIpc) is 3.01. The van der Waals surface area contributed by atoms with E-state index in [0.29, 0.717) is 49.8 Å². The fourth-order valence-electron chi connectivity index (χ4n) is 5.53. The summed E-state index contributed by atoms with van der Waals surface area (Å²) in [6, 6.07) is 11.8. The standard InChI is InChI=1S/C29H32FN3O4/c1-18-14-32(16-19-11-22(36-3)13-23(12-19)37-4)29(35)27-26(20-5-7-21(30)8-6-20)24-9-10-31(2)17-25(24)28(34)33(27)15-18/h5-8,11-13,18H,9-10,14-17H2,1-4H3/t18-/m0/s1. The predicted molar refractivity (Wildman–Crippen MR) is 140 cm³/mol. The Morgan fingerprint density at radius 3 is 2.30 bits per heavy atom. The van der Waals surface area contributed by atoms with Crippen LogP contribution in [0, 0.1) is 11.7 Å². The van der Waals surface area contributed by atoms with Gasteiger partial charge in [-0.1, -0.05) is 19.1 Å². The Hall–Kier alpha value is -3.65. The van der Waals surface area contributed by atoms with Gasteiger partial charge in [-0.05, 0) is 60.3 Å². The summed E-state index contributed by atoms with van der Waals surface area (Å²) >= 11 is 0. The van der Waals surface area contributed by atoms with E-state index in [1.54, 1.807) is 41.9 Å². The highest BCUT2D eigenvalue weighted by atomic mass is 19.1. The van der Waals surface area contributed by atoms with E-state index < -0.39 is 0 Å². The first-order valence-corrected chi connectivity index (χ1v) is 12.5. The predicted octanol–water partition coefficient (Wildman–Crippen LogP) is 3.95. The smallest absolute Gasteiger partial charge is 0.271 e. The zero-order valence-electron chi connectivity index (χ0n) is 21.7. The van der Waals surface area contributed by atoms with Crippen LogP contribution in [0.1, 0.15) is 34.1 Å². The van der Waals surface area contributed by atoms with Crippen molar-refractivity contribution in [3.05, 3.63) is 81.0 Å². The van der Waals surface area contributed by atoms with Crippen LogP contribution >= 0.6 is 0 Å². The third kappa shape index (κ3) is 4.73. The van der Waals surface area contributed by atoms with Gasteiger partial charge >= 0.3 is 0 Å². The number of rotatable bonds is 5. The quantitative estimate of drug-likeness (QED) is 0.526. The molecule has 0 saturated heterocycles. The largest absolute Gasteiger partial charge is 0.497 e. The summed E-state index contributed by atoms with van der Waals surface area (Å²) in [5.74, 6) is 0.795. The lowest BCUT2D eigenvalue weighted by Crippen LogP contribution is -2.39. The van der Waals surface area contributed by atoms with Gasteiger partial charge < -0.3 is 23.8 Å².